The summed E-state index contributed by atoms with van der Waals surface area (Å²) >= 11 is 0. The zero-order valence-electron chi connectivity index (χ0n) is 11.3. The van der Waals surface area contributed by atoms with Gasteiger partial charge in [0.2, 0.25) is 5.82 Å². The van der Waals surface area contributed by atoms with Crippen LogP contribution in [0.1, 0.15) is 27.3 Å². The molecule has 0 saturated carbocycles. The summed E-state index contributed by atoms with van der Waals surface area (Å²) in [6.45, 7) is 0. The van der Waals surface area contributed by atoms with Gasteiger partial charge in [0.1, 0.15) is 6.26 Å². The number of ketones is 1. The lowest BCUT2D eigenvalue weighted by atomic mass is 10.0. The minimum absolute atomic E-state index is 0.0486. The lowest BCUT2D eigenvalue weighted by Crippen LogP contribution is -2.00. The van der Waals surface area contributed by atoms with Gasteiger partial charge in [0.15, 0.2) is 11.5 Å². The molecule has 0 aliphatic heterocycles. The van der Waals surface area contributed by atoms with Gasteiger partial charge in [-0.3, -0.25) is 9.78 Å². The zero-order valence-corrected chi connectivity index (χ0v) is 11.3. The molecule has 0 aromatic carbocycles. The number of carbonyl (C=O) groups is 1. The summed E-state index contributed by atoms with van der Waals surface area (Å²) in [7, 11) is 0. The van der Waals surface area contributed by atoms with Gasteiger partial charge in [-0.15, -0.1) is 10.2 Å². The van der Waals surface area contributed by atoms with Gasteiger partial charge in [0.05, 0.1) is 11.8 Å². The lowest BCUT2D eigenvalue weighted by Gasteiger charge is -2.00. The highest BCUT2D eigenvalue weighted by Gasteiger charge is 2.15. The smallest absolute Gasteiger partial charge is 0.239 e. The molecule has 8 heteroatoms. The Morgan fingerprint density at radius 2 is 2.14 bits per heavy atom. The third kappa shape index (κ3) is 2.90. The largest absolute Gasteiger partial charge is 0.504 e. The lowest BCUT2D eigenvalue weighted by molar-refractivity contribution is 0.104. The number of aliphatic hydroxyl groups excluding tert-OH is 1. The summed E-state index contributed by atoms with van der Waals surface area (Å²) in [6, 6.07) is 3.71. The summed E-state index contributed by atoms with van der Waals surface area (Å²) in [4.78, 5) is 16.2. The van der Waals surface area contributed by atoms with Crippen LogP contribution in [0.2, 0.25) is 0 Å². The molecule has 0 radical (unpaired) electrons. The standard InChI is InChI=1S/C14H11N5O3/c20-12(6-13(21)14-16-18-19-17-14)11-8-22-7-10(11)5-9-1-3-15-4-2-9/h1-4,6-8,21H,5H2,(H,16,17,18,19). The number of aromatic amines is 1. The van der Waals surface area contributed by atoms with Gasteiger partial charge in [0.25, 0.3) is 0 Å². The quantitative estimate of drug-likeness (QED) is 0.417. The number of nitrogens with zero attached hydrogens (tertiary/aromatic N) is 4. The fourth-order valence-corrected chi connectivity index (χ4v) is 1.93. The Balaban J connectivity index is 1.82. The number of nitrogens with one attached hydrogen (secondary N) is 1. The number of pyridine rings is 1. The number of hydrogen-bond acceptors (Lipinski definition) is 7. The van der Waals surface area contributed by atoms with Crippen molar-refractivity contribution in [3.8, 4) is 0 Å². The van der Waals surface area contributed by atoms with Crippen LogP contribution < -0.4 is 0 Å². The van der Waals surface area contributed by atoms with Crippen molar-refractivity contribution < 1.29 is 14.3 Å². The number of furan rings is 1. The monoisotopic (exact) mass is 297 g/mol. The first-order valence-electron chi connectivity index (χ1n) is 6.37. The van der Waals surface area contributed by atoms with Crippen LogP contribution in [0.25, 0.3) is 5.76 Å². The maximum Gasteiger partial charge on any atom is 0.239 e. The van der Waals surface area contributed by atoms with Crippen LogP contribution in [-0.4, -0.2) is 36.5 Å². The van der Waals surface area contributed by atoms with Crippen molar-refractivity contribution in [1.29, 1.82) is 0 Å². The molecule has 3 rings (SSSR count). The molecule has 8 nitrogen and oxygen atoms in total. The van der Waals surface area contributed by atoms with Crippen LogP contribution in [0.15, 0.2) is 47.5 Å². The van der Waals surface area contributed by atoms with Crippen molar-refractivity contribution in [3.05, 3.63) is 65.6 Å². The molecule has 2 N–H and O–H groups in total. The van der Waals surface area contributed by atoms with E-state index in [1.54, 1.807) is 12.4 Å². The van der Waals surface area contributed by atoms with E-state index in [0.29, 0.717) is 17.5 Å². The molecule has 0 aliphatic rings. The van der Waals surface area contributed by atoms with E-state index >= 15 is 0 Å². The fraction of sp³-hybridized carbons (Fsp3) is 0.0714. The molecule has 110 valence electrons. The van der Waals surface area contributed by atoms with E-state index in [1.807, 2.05) is 12.1 Å². The normalized spacial score (nSPS) is 11.5. The molecular weight excluding hydrogens is 286 g/mol. The fourth-order valence-electron chi connectivity index (χ4n) is 1.93. The van der Waals surface area contributed by atoms with Crippen molar-refractivity contribution in [3.63, 3.8) is 0 Å². The Labute approximate surface area is 124 Å². The summed E-state index contributed by atoms with van der Waals surface area (Å²) in [5, 5.41) is 22.5. The van der Waals surface area contributed by atoms with Gasteiger partial charge in [-0.05, 0) is 22.9 Å². The summed E-state index contributed by atoms with van der Waals surface area (Å²) in [6.07, 6.45) is 7.77. The second kappa shape index (κ2) is 6.00. The molecule has 3 heterocycles. The zero-order chi connectivity index (χ0) is 15.4. The topological polar surface area (TPSA) is 118 Å². The Hall–Kier alpha value is -3.29. The number of allylic oxidation sites excluding steroid dienone is 1. The minimum Gasteiger partial charge on any atom is -0.504 e. The Kier molecular flexibility index (Phi) is 3.73. The maximum absolute atomic E-state index is 12.2. The predicted octanol–water partition coefficient (Wildman–Crippen LogP) is 1.56. The maximum atomic E-state index is 12.2. The highest BCUT2D eigenvalue weighted by Crippen LogP contribution is 2.17. The van der Waals surface area contributed by atoms with Crippen LogP contribution in [0.4, 0.5) is 0 Å². The molecule has 3 aromatic rings. The van der Waals surface area contributed by atoms with Gasteiger partial charge < -0.3 is 9.52 Å². The second-order valence-electron chi connectivity index (χ2n) is 4.47. The van der Waals surface area contributed by atoms with Gasteiger partial charge in [-0.25, -0.2) is 0 Å². The number of carbonyl (C=O) groups excluding carboxylic acids is 1. The Morgan fingerprint density at radius 1 is 1.32 bits per heavy atom. The third-order valence-electron chi connectivity index (χ3n) is 2.99. The summed E-state index contributed by atoms with van der Waals surface area (Å²) in [5.74, 6) is -0.817. The van der Waals surface area contributed by atoms with Gasteiger partial charge in [0, 0.05) is 30.5 Å². The van der Waals surface area contributed by atoms with E-state index < -0.39 is 5.78 Å². The average molecular weight is 297 g/mol. The first-order chi connectivity index (χ1) is 10.7. The molecule has 22 heavy (non-hydrogen) atoms. The van der Waals surface area contributed by atoms with Crippen molar-refractivity contribution in [2.45, 2.75) is 6.42 Å². The van der Waals surface area contributed by atoms with Crippen LogP contribution in [0.3, 0.4) is 0 Å². The molecule has 0 unspecified atom stereocenters. The van der Waals surface area contributed by atoms with E-state index in [4.69, 9.17) is 4.42 Å². The molecule has 0 amide bonds. The van der Waals surface area contributed by atoms with Gasteiger partial charge in [-0.2, -0.15) is 5.21 Å². The molecule has 0 saturated heterocycles. The van der Waals surface area contributed by atoms with E-state index in [1.165, 1.54) is 12.5 Å². The van der Waals surface area contributed by atoms with E-state index in [2.05, 4.69) is 25.6 Å². The number of aromatic nitrogens is 5. The van der Waals surface area contributed by atoms with Crippen molar-refractivity contribution in [2.24, 2.45) is 0 Å². The molecule has 0 spiro atoms. The van der Waals surface area contributed by atoms with Gasteiger partial charge >= 0.3 is 0 Å². The number of aliphatic hydroxyl groups is 1. The van der Waals surface area contributed by atoms with E-state index in [0.717, 1.165) is 11.6 Å². The van der Waals surface area contributed by atoms with E-state index in [-0.39, 0.29) is 11.6 Å². The Bertz CT molecular complexity index is 793. The second-order valence-corrected chi connectivity index (χ2v) is 4.47. The first kappa shape index (κ1) is 13.7. The summed E-state index contributed by atoms with van der Waals surface area (Å²) < 4.78 is 5.11. The Morgan fingerprint density at radius 3 is 2.86 bits per heavy atom. The molecular formula is C14H11N5O3. The van der Waals surface area contributed by atoms with Crippen LogP contribution in [0.5, 0.6) is 0 Å². The van der Waals surface area contributed by atoms with Crippen molar-refractivity contribution in [1.82, 2.24) is 25.6 Å². The summed E-state index contributed by atoms with van der Waals surface area (Å²) in [5.41, 5.74) is 2.08. The molecule has 0 fully saturated rings. The van der Waals surface area contributed by atoms with Crippen molar-refractivity contribution in [2.75, 3.05) is 0 Å². The predicted molar refractivity (Wildman–Crippen MR) is 74.9 cm³/mol. The molecule has 0 atom stereocenters. The minimum atomic E-state index is -0.403. The van der Waals surface area contributed by atoms with Gasteiger partial charge in [-0.1, -0.05) is 0 Å². The van der Waals surface area contributed by atoms with Crippen LogP contribution >= 0.6 is 0 Å². The van der Waals surface area contributed by atoms with Crippen LogP contribution in [0, 0.1) is 0 Å². The number of H-pyrrole nitrogens is 1. The van der Waals surface area contributed by atoms with Crippen molar-refractivity contribution >= 4 is 11.5 Å². The number of tetrazole rings is 1. The number of rotatable bonds is 5. The highest BCUT2D eigenvalue weighted by molar-refractivity contribution is 6.08. The SMILES string of the molecule is O=C(C=C(O)c1nn[nH]n1)c1cocc1Cc1ccncc1. The highest BCUT2D eigenvalue weighted by atomic mass is 16.3. The first-order valence-corrected chi connectivity index (χ1v) is 6.37. The average Bonchev–Trinajstić information content (AvgIpc) is 3.19. The molecule has 0 bridgehead atoms. The van der Waals surface area contributed by atoms with Crippen LogP contribution in [-0.2, 0) is 6.42 Å². The molecule has 3 aromatic heterocycles. The van der Waals surface area contributed by atoms with E-state index in [9.17, 15) is 9.90 Å². The number of hydrogen-bond donors (Lipinski definition) is 2. The molecule has 0 aliphatic carbocycles. The third-order valence-corrected chi connectivity index (χ3v) is 2.99.